The summed E-state index contributed by atoms with van der Waals surface area (Å²) >= 11 is 5.94. The summed E-state index contributed by atoms with van der Waals surface area (Å²) in [7, 11) is 0. The Morgan fingerprint density at radius 1 is 1.08 bits per heavy atom. The molecular weight excluding hydrogens is 356 g/mol. The lowest BCUT2D eigenvalue weighted by atomic mass is 10.1. The first kappa shape index (κ1) is 16.3. The molecular formula is C18H13ClN4O3. The topological polar surface area (TPSA) is 114 Å². The molecule has 130 valence electrons. The van der Waals surface area contributed by atoms with Crippen LogP contribution < -0.4 is 22.3 Å². The van der Waals surface area contributed by atoms with Crippen LogP contribution in [0.5, 0.6) is 0 Å². The maximum atomic E-state index is 12.9. The number of nitrogens with zero attached hydrogens (tertiary/aromatic N) is 1. The van der Waals surface area contributed by atoms with Gasteiger partial charge in [-0.2, -0.15) is 0 Å². The number of aromatic amines is 2. The summed E-state index contributed by atoms with van der Waals surface area (Å²) in [5, 5.41) is 2.99. The minimum atomic E-state index is -0.619. The van der Waals surface area contributed by atoms with Crippen molar-refractivity contribution in [3.8, 4) is 5.69 Å². The van der Waals surface area contributed by atoms with Crippen molar-refractivity contribution in [1.29, 1.82) is 0 Å². The van der Waals surface area contributed by atoms with Crippen molar-refractivity contribution in [3.05, 3.63) is 84.0 Å². The van der Waals surface area contributed by atoms with Crippen LogP contribution in [0.4, 0.5) is 0 Å². The first-order valence-electron chi connectivity index (χ1n) is 7.79. The van der Waals surface area contributed by atoms with E-state index in [4.69, 9.17) is 17.3 Å². The molecule has 4 aromatic rings. The number of benzene rings is 2. The molecule has 2 aromatic carbocycles. The van der Waals surface area contributed by atoms with E-state index >= 15 is 0 Å². The molecule has 7 nitrogen and oxygen atoms in total. The van der Waals surface area contributed by atoms with Gasteiger partial charge in [-0.25, -0.2) is 4.68 Å². The van der Waals surface area contributed by atoms with Crippen LogP contribution in [0.3, 0.4) is 0 Å². The molecule has 0 amide bonds. The number of aromatic nitrogens is 3. The Morgan fingerprint density at radius 2 is 1.88 bits per heavy atom. The summed E-state index contributed by atoms with van der Waals surface area (Å²) in [5.74, 6) is 0. The first-order valence-corrected chi connectivity index (χ1v) is 8.17. The Labute approximate surface area is 150 Å². The minimum Gasteiger partial charge on any atom is -0.350 e. The zero-order valence-electron chi connectivity index (χ0n) is 13.4. The predicted octanol–water partition coefficient (Wildman–Crippen LogP) is 1.63. The average molecular weight is 369 g/mol. The lowest BCUT2D eigenvalue weighted by Crippen LogP contribution is -2.32. The fourth-order valence-electron chi connectivity index (χ4n) is 2.96. The van der Waals surface area contributed by atoms with Crippen molar-refractivity contribution in [2.45, 2.75) is 6.54 Å². The van der Waals surface area contributed by atoms with Crippen molar-refractivity contribution in [2.24, 2.45) is 5.73 Å². The molecule has 0 unspecified atom stereocenters. The summed E-state index contributed by atoms with van der Waals surface area (Å²) < 4.78 is 1.06. The summed E-state index contributed by atoms with van der Waals surface area (Å²) in [4.78, 5) is 41.1. The van der Waals surface area contributed by atoms with Crippen LogP contribution in [0.15, 0.2) is 56.8 Å². The highest BCUT2D eigenvalue weighted by atomic mass is 35.5. The van der Waals surface area contributed by atoms with Crippen LogP contribution in [0.1, 0.15) is 5.56 Å². The van der Waals surface area contributed by atoms with Crippen LogP contribution in [-0.2, 0) is 6.54 Å². The Balaban J connectivity index is 2.15. The number of nitrogens with one attached hydrogen (secondary N) is 2. The van der Waals surface area contributed by atoms with Gasteiger partial charge in [-0.05, 0) is 35.9 Å². The molecule has 0 radical (unpaired) electrons. The molecule has 0 saturated heterocycles. The third kappa shape index (κ3) is 2.45. The minimum absolute atomic E-state index is 0.0824. The van der Waals surface area contributed by atoms with Gasteiger partial charge in [0.15, 0.2) is 0 Å². The number of hydrogen-bond acceptors (Lipinski definition) is 4. The lowest BCUT2D eigenvalue weighted by molar-refractivity contribution is 0.797. The predicted molar refractivity (Wildman–Crippen MR) is 101 cm³/mol. The Hall–Kier alpha value is -3.16. The molecule has 2 heterocycles. The summed E-state index contributed by atoms with van der Waals surface area (Å²) in [6.45, 7) is 0.284. The second-order valence-corrected chi connectivity index (χ2v) is 6.29. The van der Waals surface area contributed by atoms with Gasteiger partial charge in [-0.1, -0.05) is 23.7 Å². The summed E-state index contributed by atoms with van der Waals surface area (Å²) in [6, 6.07) is 11.5. The molecule has 0 aliphatic carbocycles. The van der Waals surface area contributed by atoms with Crippen molar-refractivity contribution in [1.82, 2.24) is 14.8 Å². The molecule has 0 fully saturated rings. The van der Waals surface area contributed by atoms with Gasteiger partial charge < -0.3 is 10.7 Å². The molecule has 0 bridgehead atoms. The molecule has 0 saturated carbocycles. The summed E-state index contributed by atoms with van der Waals surface area (Å²) in [6.07, 6.45) is 0. The highest BCUT2D eigenvalue weighted by Crippen LogP contribution is 2.16. The zero-order chi connectivity index (χ0) is 18.4. The first-order chi connectivity index (χ1) is 12.5. The number of nitrogens with two attached hydrogens (primary N) is 1. The van der Waals surface area contributed by atoms with Crippen molar-refractivity contribution >= 4 is 33.4 Å². The van der Waals surface area contributed by atoms with Gasteiger partial charge in [0.2, 0.25) is 5.43 Å². The fourth-order valence-corrected chi connectivity index (χ4v) is 3.13. The summed E-state index contributed by atoms with van der Waals surface area (Å²) in [5.41, 5.74) is 5.42. The number of rotatable bonds is 2. The van der Waals surface area contributed by atoms with Gasteiger partial charge in [-0.3, -0.25) is 19.5 Å². The van der Waals surface area contributed by atoms with Gasteiger partial charge >= 0.3 is 0 Å². The lowest BCUT2D eigenvalue weighted by Gasteiger charge is -2.09. The van der Waals surface area contributed by atoms with Crippen molar-refractivity contribution in [2.75, 3.05) is 0 Å². The quantitative estimate of drug-likeness (QED) is 0.466. The van der Waals surface area contributed by atoms with E-state index in [9.17, 15) is 14.4 Å². The second-order valence-electron chi connectivity index (χ2n) is 5.85. The Bertz CT molecular complexity index is 1350. The smallest absolute Gasteiger partial charge is 0.287 e. The van der Waals surface area contributed by atoms with Gasteiger partial charge in [0.1, 0.15) is 10.9 Å². The van der Waals surface area contributed by atoms with Gasteiger partial charge in [0.05, 0.1) is 11.2 Å². The van der Waals surface area contributed by atoms with Gasteiger partial charge in [0, 0.05) is 17.0 Å². The van der Waals surface area contributed by atoms with Crippen LogP contribution in [0, 0.1) is 0 Å². The third-order valence-electron chi connectivity index (χ3n) is 4.22. The fraction of sp³-hybridized carbons (Fsp3) is 0.0556. The van der Waals surface area contributed by atoms with Crippen molar-refractivity contribution in [3.63, 3.8) is 0 Å². The maximum Gasteiger partial charge on any atom is 0.287 e. The molecule has 26 heavy (non-hydrogen) atoms. The van der Waals surface area contributed by atoms with E-state index < -0.39 is 16.5 Å². The maximum absolute atomic E-state index is 12.9. The largest absolute Gasteiger partial charge is 0.350 e. The Morgan fingerprint density at radius 3 is 2.65 bits per heavy atom. The average Bonchev–Trinajstić information content (AvgIpc) is 2.64. The van der Waals surface area contributed by atoms with E-state index in [1.807, 2.05) is 0 Å². The van der Waals surface area contributed by atoms with Crippen LogP contribution in [0.25, 0.3) is 27.5 Å². The molecule has 0 aliphatic rings. The standard InChI is InChI=1S/C18H13ClN4O3/c19-10-4-5-12-13(7-10)21-15-14(16(12)24)18(26)23(22-17(15)25)11-3-1-2-9(6-11)8-20/h1-7H,8,20H2,(H,21,24)(H,22,25). The number of halogens is 1. The van der Waals surface area contributed by atoms with Crippen LogP contribution in [-0.4, -0.2) is 14.8 Å². The SMILES string of the molecule is NCc1cccc(-n2[nH]c(=O)c3[nH]c4cc(Cl)ccc4c(=O)c3c2=O)c1. The molecule has 4 rings (SSSR count). The molecule has 0 aliphatic heterocycles. The molecule has 0 atom stereocenters. The van der Waals surface area contributed by atoms with Gasteiger partial charge in [0.25, 0.3) is 11.1 Å². The van der Waals surface area contributed by atoms with E-state index in [0.29, 0.717) is 16.2 Å². The normalized spacial score (nSPS) is 11.3. The molecule has 4 N–H and O–H groups in total. The van der Waals surface area contributed by atoms with Crippen LogP contribution in [0.2, 0.25) is 5.02 Å². The van der Waals surface area contributed by atoms with E-state index in [2.05, 4.69) is 10.1 Å². The number of pyridine rings is 1. The molecule has 8 heteroatoms. The van der Waals surface area contributed by atoms with E-state index in [-0.39, 0.29) is 22.8 Å². The number of hydrogen-bond donors (Lipinski definition) is 3. The van der Waals surface area contributed by atoms with E-state index in [1.165, 1.54) is 12.1 Å². The van der Waals surface area contributed by atoms with Crippen LogP contribution >= 0.6 is 11.6 Å². The van der Waals surface area contributed by atoms with E-state index in [0.717, 1.165) is 10.2 Å². The van der Waals surface area contributed by atoms with Crippen molar-refractivity contribution < 1.29 is 0 Å². The third-order valence-corrected chi connectivity index (χ3v) is 4.46. The number of fused-ring (bicyclic) bond motifs is 2. The highest BCUT2D eigenvalue weighted by Gasteiger charge is 2.15. The van der Waals surface area contributed by atoms with Gasteiger partial charge in [-0.15, -0.1) is 0 Å². The monoisotopic (exact) mass is 368 g/mol. The second kappa shape index (κ2) is 5.98. The van der Waals surface area contributed by atoms with E-state index in [1.54, 1.807) is 30.3 Å². The molecule has 0 spiro atoms. The molecule has 2 aromatic heterocycles. The Kier molecular flexibility index (Phi) is 3.75. The number of H-pyrrole nitrogens is 2. The highest BCUT2D eigenvalue weighted by molar-refractivity contribution is 6.31. The zero-order valence-corrected chi connectivity index (χ0v) is 14.1.